The van der Waals surface area contributed by atoms with Gasteiger partial charge in [0.1, 0.15) is 23.5 Å². The summed E-state index contributed by atoms with van der Waals surface area (Å²) in [6.07, 6.45) is 1.53. The summed E-state index contributed by atoms with van der Waals surface area (Å²) in [7, 11) is 0. The first-order valence-corrected chi connectivity index (χ1v) is 15.3. The lowest BCUT2D eigenvalue weighted by molar-refractivity contribution is -0.137. The van der Waals surface area contributed by atoms with E-state index < -0.39 is 42.6 Å². The van der Waals surface area contributed by atoms with E-state index in [0.717, 1.165) is 38.5 Å². The highest BCUT2D eigenvalue weighted by atomic mass is 16.6. The number of carbonyl (C=O) groups excluding carboxylic acids is 3. The van der Waals surface area contributed by atoms with Gasteiger partial charge in [-0.25, -0.2) is 19.7 Å². The predicted molar refractivity (Wildman–Crippen MR) is 153 cm³/mol. The van der Waals surface area contributed by atoms with E-state index in [1.165, 1.54) is 10.9 Å². The van der Waals surface area contributed by atoms with Gasteiger partial charge >= 0.3 is 6.09 Å². The Balaban J connectivity index is 0.00000180. The number of amides is 3. The summed E-state index contributed by atoms with van der Waals surface area (Å²) in [6, 6.07) is 0.0917. The summed E-state index contributed by atoms with van der Waals surface area (Å²) in [6.45, 7) is 5.70. The number of rotatable bonds is 8. The van der Waals surface area contributed by atoms with E-state index >= 15 is 0 Å². The van der Waals surface area contributed by atoms with Gasteiger partial charge in [0.2, 0.25) is 0 Å². The summed E-state index contributed by atoms with van der Waals surface area (Å²) < 4.78 is 12.6. The van der Waals surface area contributed by atoms with Crippen molar-refractivity contribution in [3.63, 3.8) is 0 Å². The van der Waals surface area contributed by atoms with Crippen LogP contribution in [0.15, 0.2) is 6.33 Å². The molecule has 1 saturated carbocycles. The molecule has 3 amide bonds. The van der Waals surface area contributed by atoms with Crippen LogP contribution in [0.5, 0.6) is 0 Å². The summed E-state index contributed by atoms with van der Waals surface area (Å²) in [5.74, 6) is 0.459. The molecular weight excluding hydrogens is 560 g/mol. The number of likely N-dealkylation sites (tertiary alicyclic amines) is 1. The van der Waals surface area contributed by atoms with Gasteiger partial charge in [-0.1, -0.05) is 13.8 Å². The van der Waals surface area contributed by atoms with Gasteiger partial charge in [-0.05, 0) is 44.4 Å². The van der Waals surface area contributed by atoms with E-state index in [0.29, 0.717) is 55.4 Å². The molecule has 0 radical (unpaired) electrons. The van der Waals surface area contributed by atoms with Gasteiger partial charge in [0.15, 0.2) is 29.9 Å². The van der Waals surface area contributed by atoms with Crippen molar-refractivity contribution in [2.24, 2.45) is 5.92 Å². The van der Waals surface area contributed by atoms with E-state index in [9.17, 15) is 24.6 Å². The number of fused-ring (bicyclic) bond motifs is 1. The number of anilines is 1. The molecule has 3 saturated heterocycles. The third-order valence-electron chi connectivity index (χ3n) is 8.32. The van der Waals surface area contributed by atoms with Crippen LogP contribution in [0.25, 0.3) is 11.2 Å². The van der Waals surface area contributed by atoms with Crippen molar-refractivity contribution in [3.05, 3.63) is 12.2 Å². The minimum absolute atomic E-state index is 0.0917. The van der Waals surface area contributed by atoms with Crippen molar-refractivity contribution in [3.8, 4) is 0 Å². The number of ether oxygens (including phenoxy) is 2. The topological polar surface area (TPSA) is 207 Å². The standard InChI is InChI=1S/C26H36N8O7.C2H6/c27-21-17-22(34(12-29-17)25-19(36)18(35)20(41-25)24(38)30-14-4-5-14)32-16(31-21)3-1-2-13-7-10-33(11-8-13)26(39)40-15-6-9-28-23(15)37;1-2/h12-15,18-20,25,35-36H,1-11H2,(H,28,37)(H,30,38)(H2,27,31,32);1-2H3/t15?,18-,19?,20+,25-;/m1./s1. The second-order valence-corrected chi connectivity index (χ2v) is 11.3. The summed E-state index contributed by atoms with van der Waals surface area (Å²) in [5.41, 5.74) is 6.88. The summed E-state index contributed by atoms with van der Waals surface area (Å²) in [4.78, 5) is 51.6. The molecule has 1 aliphatic carbocycles. The number of nitrogen functional groups attached to an aromatic ring is 1. The molecule has 236 valence electrons. The highest BCUT2D eigenvalue weighted by molar-refractivity contribution is 5.85. The first kappa shape index (κ1) is 30.9. The summed E-state index contributed by atoms with van der Waals surface area (Å²) in [5, 5.41) is 26.7. The van der Waals surface area contributed by atoms with Crippen molar-refractivity contribution < 1.29 is 34.1 Å². The molecule has 5 atom stereocenters. The number of carbonyl (C=O) groups is 3. The largest absolute Gasteiger partial charge is 0.436 e. The third kappa shape index (κ3) is 6.83. The van der Waals surface area contributed by atoms with E-state index in [1.54, 1.807) is 4.90 Å². The van der Waals surface area contributed by atoms with E-state index in [-0.39, 0.29) is 17.8 Å². The normalized spacial score (nSPS) is 27.5. The number of aliphatic hydroxyl groups excluding tert-OH is 2. The second-order valence-electron chi connectivity index (χ2n) is 11.3. The smallest absolute Gasteiger partial charge is 0.410 e. The maximum absolute atomic E-state index is 12.5. The Morgan fingerprint density at radius 2 is 1.88 bits per heavy atom. The molecule has 5 heterocycles. The van der Waals surface area contributed by atoms with Crippen molar-refractivity contribution in [1.29, 1.82) is 0 Å². The number of aryl methyl sites for hydroxylation is 1. The Bertz CT molecular complexity index is 1310. The molecule has 2 unspecified atom stereocenters. The molecule has 15 heteroatoms. The van der Waals surface area contributed by atoms with Crippen LogP contribution in [0.1, 0.15) is 70.8 Å². The Hall–Kier alpha value is -3.56. The molecule has 4 aliphatic rings. The fraction of sp³-hybridized carbons (Fsp3) is 0.714. The number of nitrogens with one attached hydrogen (secondary N) is 2. The Kier molecular flexibility index (Phi) is 9.62. The highest BCUT2D eigenvalue weighted by Gasteiger charge is 2.48. The van der Waals surface area contributed by atoms with E-state index in [2.05, 4.69) is 25.6 Å². The van der Waals surface area contributed by atoms with Gasteiger partial charge in [-0.3, -0.25) is 14.2 Å². The van der Waals surface area contributed by atoms with Gasteiger partial charge in [-0.2, -0.15) is 0 Å². The zero-order valence-corrected chi connectivity index (χ0v) is 24.6. The fourth-order valence-electron chi connectivity index (χ4n) is 5.73. The average molecular weight is 603 g/mol. The van der Waals surface area contributed by atoms with Crippen LogP contribution < -0.4 is 16.4 Å². The van der Waals surface area contributed by atoms with E-state index in [1.807, 2.05) is 13.8 Å². The van der Waals surface area contributed by atoms with Crippen molar-refractivity contribution in [2.75, 3.05) is 25.4 Å². The van der Waals surface area contributed by atoms with Gasteiger partial charge in [-0.15, -0.1) is 0 Å². The molecule has 15 nitrogen and oxygen atoms in total. The number of hydrogen-bond acceptors (Lipinski definition) is 11. The molecular formula is C28H42N8O7. The molecule has 2 aromatic rings. The van der Waals surface area contributed by atoms with Crippen LogP contribution in [-0.2, 0) is 25.5 Å². The van der Waals surface area contributed by atoms with Crippen LogP contribution >= 0.6 is 0 Å². The molecule has 4 fully saturated rings. The maximum Gasteiger partial charge on any atom is 0.410 e. The Morgan fingerprint density at radius 1 is 1.14 bits per heavy atom. The number of nitrogens with zero attached hydrogens (tertiary/aromatic N) is 5. The van der Waals surface area contributed by atoms with Crippen molar-refractivity contribution >= 4 is 34.9 Å². The molecule has 6 N–H and O–H groups in total. The second kappa shape index (κ2) is 13.4. The zero-order valence-electron chi connectivity index (χ0n) is 24.6. The molecule has 2 aromatic heterocycles. The van der Waals surface area contributed by atoms with Crippen LogP contribution in [0.4, 0.5) is 10.6 Å². The van der Waals surface area contributed by atoms with Crippen LogP contribution in [0, 0.1) is 5.92 Å². The molecule has 3 aliphatic heterocycles. The first-order valence-electron chi connectivity index (χ1n) is 15.3. The molecule has 43 heavy (non-hydrogen) atoms. The zero-order chi connectivity index (χ0) is 30.7. The number of aromatic nitrogens is 4. The van der Waals surface area contributed by atoms with Crippen LogP contribution in [-0.4, -0.2) is 103 Å². The van der Waals surface area contributed by atoms with Crippen LogP contribution in [0.2, 0.25) is 0 Å². The minimum Gasteiger partial charge on any atom is -0.436 e. The van der Waals surface area contributed by atoms with Gasteiger partial charge in [0.25, 0.3) is 11.8 Å². The van der Waals surface area contributed by atoms with Crippen molar-refractivity contribution in [1.82, 2.24) is 35.1 Å². The van der Waals surface area contributed by atoms with Gasteiger partial charge in [0, 0.05) is 38.5 Å². The number of piperidine rings is 1. The lowest BCUT2D eigenvalue weighted by atomic mass is 9.91. The third-order valence-corrected chi connectivity index (χ3v) is 8.32. The minimum atomic E-state index is -1.40. The maximum atomic E-state index is 12.5. The van der Waals surface area contributed by atoms with Crippen LogP contribution in [0.3, 0.4) is 0 Å². The monoisotopic (exact) mass is 602 g/mol. The lowest BCUT2D eigenvalue weighted by Crippen LogP contribution is -2.43. The highest BCUT2D eigenvalue weighted by Crippen LogP contribution is 2.33. The first-order chi connectivity index (χ1) is 20.8. The SMILES string of the molecule is CC.Nc1nc(CCCC2CCN(C(=O)OC3CCNC3=O)CC2)nc2c1ncn2[C@@H]1O[C@H](C(=O)NC2CC2)[C@H](O)C1O. The Morgan fingerprint density at radius 3 is 2.56 bits per heavy atom. The van der Waals surface area contributed by atoms with Gasteiger partial charge in [0.05, 0.1) is 6.33 Å². The quantitative estimate of drug-likeness (QED) is 0.279. The fourth-order valence-corrected chi connectivity index (χ4v) is 5.73. The molecule has 0 spiro atoms. The molecule has 0 aromatic carbocycles. The van der Waals surface area contributed by atoms with Crippen molar-refractivity contribution in [2.45, 2.75) is 102 Å². The lowest BCUT2D eigenvalue weighted by Gasteiger charge is -2.31. The molecule has 6 rings (SSSR count). The molecule has 0 bridgehead atoms. The number of aliphatic hydroxyl groups is 2. The van der Waals surface area contributed by atoms with E-state index in [4.69, 9.17) is 15.2 Å². The number of hydrogen-bond donors (Lipinski definition) is 5. The number of nitrogens with two attached hydrogens (primary N) is 1. The predicted octanol–water partition coefficient (Wildman–Crippen LogP) is 0.392. The number of imidazole rings is 1. The summed E-state index contributed by atoms with van der Waals surface area (Å²) >= 11 is 0. The van der Waals surface area contributed by atoms with Gasteiger partial charge < -0.3 is 41.0 Å². The average Bonchev–Trinajstić information content (AvgIpc) is 3.45. The Labute approximate surface area is 249 Å².